The molecule has 2 rings (SSSR count). The quantitative estimate of drug-likeness (QED) is 0.767. The maximum Gasteiger partial charge on any atom is 0.179 e. The summed E-state index contributed by atoms with van der Waals surface area (Å²) in [5.41, 5.74) is 2.59. The lowest BCUT2D eigenvalue weighted by Gasteiger charge is -2.07. The van der Waals surface area contributed by atoms with Crippen molar-refractivity contribution in [3.05, 3.63) is 34.5 Å². The average Bonchev–Trinajstić information content (AvgIpc) is 2.32. The smallest absolute Gasteiger partial charge is 0.179 e. The van der Waals surface area contributed by atoms with Gasteiger partial charge in [0.05, 0.1) is 0 Å². The Morgan fingerprint density at radius 3 is 2.59 bits per heavy atom. The number of hydrogen-bond acceptors (Lipinski definition) is 4. The van der Waals surface area contributed by atoms with Gasteiger partial charge in [0.15, 0.2) is 5.82 Å². The highest BCUT2D eigenvalue weighted by Crippen LogP contribution is 2.20. The standard InChI is InChI=1S/C12H13ClN4/c1-4-9-7(2)11(13)17-12(16-9)10-5-6-14-8(3)15-10/h5-6H,4H2,1-3H3. The maximum atomic E-state index is 6.09. The summed E-state index contributed by atoms with van der Waals surface area (Å²) in [6.07, 6.45) is 2.52. The van der Waals surface area contributed by atoms with E-state index in [1.54, 1.807) is 12.3 Å². The Morgan fingerprint density at radius 1 is 1.18 bits per heavy atom. The van der Waals surface area contributed by atoms with E-state index in [2.05, 4.69) is 19.9 Å². The van der Waals surface area contributed by atoms with Gasteiger partial charge in [0.25, 0.3) is 0 Å². The maximum absolute atomic E-state index is 6.09. The second kappa shape index (κ2) is 4.75. The van der Waals surface area contributed by atoms with Crippen molar-refractivity contribution in [3.63, 3.8) is 0 Å². The van der Waals surface area contributed by atoms with Gasteiger partial charge in [-0.3, -0.25) is 0 Å². The second-order valence-electron chi connectivity index (χ2n) is 3.75. The van der Waals surface area contributed by atoms with Gasteiger partial charge in [-0.2, -0.15) is 0 Å². The van der Waals surface area contributed by atoms with Crippen LogP contribution in [0, 0.1) is 13.8 Å². The Labute approximate surface area is 105 Å². The number of nitrogens with zero attached hydrogens (tertiary/aromatic N) is 4. The van der Waals surface area contributed by atoms with E-state index < -0.39 is 0 Å². The molecule has 0 aliphatic rings. The molecule has 0 aliphatic heterocycles. The predicted octanol–water partition coefficient (Wildman–Crippen LogP) is 2.77. The van der Waals surface area contributed by atoms with Crippen molar-refractivity contribution >= 4 is 11.6 Å². The van der Waals surface area contributed by atoms with Crippen LogP contribution in [0.15, 0.2) is 12.3 Å². The van der Waals surface area contributed by atoms with Gasteiger partial charge in [-0.05, 0) is 26.3 Å². The third-order valence-corrected chi connectivity index (χ3v) is 2.90. The van der Waals surface area contributed by atoms with Gasteiger partial charge in [0, 0.05) is 17.5 Å². The molecule has 5 heteroatoms. The molecule has 0 amide bonds. The van der Waals surface area contributed by atoms with Gasteiger partial charge in [-0.1, -0.05) is 18.5 Å². The number of rotatable bonds is 2. The number of aryl methyl sites for hydroxylation is 2. The predicted molar refractivity (Wildman–Crippen MR) is 66.9 cm³/mol. The third kappa shape index (κ3) is 2.42. The minimum Gasteiger partial charge on any atom is -0.242 e. The summed E-state index contributed by atoms with van der Waals surface area (Å²) in [4.78, 5) is 17.1. The van der Waals surface area contributed by atoms with Gasteiger partial charge in [0.2, 0.25) is 0 Å². The Balaban J connectivity index is 2.56. The molecule has 17 heavy (non-hydrogen) atoms. The zero-order valence-corrected chi connectivity index (χ0v) is 10.8. The van der Waals surface area contributed by atoms with Crippen molar-refractivity contribution in [2.45, 2.75) is 27.2 Å². The van der Waals surface area contributed by atoms with Gasteiger partial charge in [0.1, 0.15) is 16.7 Å². The molecule has 0 aliphatic carbocycles. The molecular weight excluding hydrogens is 236 g/mol. The molecule has 0 unspecified atom stereocenters. The van der Waals surface area contributed by atoms with E-state index in [4.69, 9.17) is 11.6 Å². The van der Waals surface area contributed by atoms with Gasteiger partial charge in [-0.25, -0.2) is 19.9 Å². The third-order valence-electron chi connectivity index (χ3n) is 2.53. The summed E-state index contributed by atoms with van der Waals surface area (Å²) in [6.45, 7) is 5.80. The first-order valence-corrected chi connectivity index (χ1v) is 5.82. The fourth-order valence-electron chi connectivity index (χ4n) is 1.57. The van der Waals surface area contributed by atoms with Crippen LogP contribution in [0.3, 0.4) is 0 Å². The molecule has 0 saturated carbocycles. The number of halogens is 1. The van der Waals surface area contributed by atoms with Crippen LogP contribution < -0.4 is 0 Å². The molecule has 0 atom stereocenters. The first-order valence-electron chi connectivity index (χ1n) is 5.45. The van der Waals surface area contributed by atoms with E-state index in [0.29, 0.717) is 22.5 Å². The van der Waals surface area contributed by atoms with Gasteiger partial charge >= 0.3 is 0 Å². The molecule has 0 aromatic carbocycles. The summed E-state index contributed by atoms with van der Waals surface area (Å²) in [6, 6.07) is 1.79. The minimum absolute atomic E-state index is 0.489. The number of hydrogen-bond donors (Lipinski definition) is 0. The van der Waals surface area contributed by atoms with E-state index in [1.807, 2.05) is 20.8 Å². The fourth-order valence-corrected chi connectivity index (χ4v) is 1.76. The summed E-state index contributed by atoms with van der Waals surface area (Å²) in [7, 11) is 0. The first-order chi connectivity index (χ1) is 8.11. The lowest BCUT2D eigenvalue weighted by Crippen LogP contribution is -2.01. The molecule has 0 fully saturated rings. The Kier molecular flexibility index (Phi) is 3.33. The van der Waals surface area contributed by atoms with Crippen LogP contribution in [-0.2, 0) is 6.42 Å². The van der Waals surface area contributed by atoms with Crippen LogP contribution in [-0.4, -0.2) is 19.9 Å². The highest BCUT2D eigenvalue weighted by Gasteiger charge is 2.10. The largest absolute Gasteiger partial charge is 0.242 e. The lowest BCUT2D eigenvalue weighted by molar-refractivity contribution is 0.960. The van der Waals surface area contributed by atoms with E-state index >= 15 is 0 Å². The van der Waals surface area contributed by atoms with E-state index in [1.165, 1.54) is 0 Å². The van der Waals surface area contributed by atoms with Crippen molar-refractivity contribution in [3.8, 4) is 11.5 Å². The summed E-state index contributed by atoms with van der Waals surface area (Å²) in [5, 5.41) is 0.489. The van der Waals surface area contributed by atoms with Crippen LogP contribution in [0.4, 0.5) is 0 Å². The van der Waals surface area contributed by atoms with Crippen LogP contribution in [0.5, 0.6) is 0 Å². The van der Waals surface area contributed by atoms with Crippen LogP contribution in [0.25, 0.3) is 11.5 Å². The first kappa shape index (κ1) is 11.9. The molecular formula is C12H13ClN4. The summed E-state index contributed by atoms with van der Waals surface area (Å²) in [5.74, 6) is 1.25. The Hall–Kier alpha value is -1.55. The van der Waals surface area contributed by atoms with Crippen molar-refractivity contribution in [1.29, 1.82) is 0 Å². The van der Waals surface area contributed by atoms with E-state index in [-0.39, 0.29) is 0 Å². The second-order valence-corrected chi connectivity index (χ2v) is 4.11. The Morgan fingerprint density at radius 2 is 1.94 bits per heavy atom. The molecule has 0 saturated heterocycles. The zero-order chi connectivity index (χ0) is 12.4. The topological polar surface area (TPSA) is 51.6 Å². The molecule has 2 aromatic rings. The van der Waals surface area contributed by atoms with Crippen LogP contribution in [0.2, 0.25) is 5.15 Å². The highest BCUT2D eigenvalue weighted by atomic mass is 35.5. The van der Waals surface area contributed by atoms with Crippen molar-refractivity contribution in [2.75, 3.05) is 0 Å². The molecule has 4 nitrogen and oxygen atoms in total. The van der Waals surface area contributed by atoms with Gasteiger partial charge < -0.3 is 0 Å². The molecule has 0 radical (unpaired) electrons. The summed E-state index contributed by atoms with van der Waals surface area (Å²) >= 11 is 6.09. The van der Waals surface area contributed by atoms with Crippen molar-refractivity contribution < 1.29 is 0 Å². The fraction of sp³-hybridized carbons (Fsp3) is 0.333. The average molecular weight is 249 g/mol. The van der Waals surface area contributed by atoms with E-state index in [0.717, 1.165) is 17.7 Å². The van der Waals surface area contributed by atoms with Crippen LogP contribution in [0.1, 0.15) is 24.0 Å². The molecule has 0 bridgehead atoms. The Bertz CT molecular complexity index is 554. The summed E-state index contributed by atoms with van der Waals surface area (Å²) < 4.78 is 0. The SMILES string of the molecule is CCc1nc(-c2ccnc(C)n2)nc(Cl)c1C. The monoisotopic (exact) mass is 248 g/mol. The van der Waals surface area contributed by atoms with Crippen molar-refractivity contribution in [1.82, 2.24) is 19.9 Å². The van der Waals surface area contributed by atoms with Crippen LogP contribution >= 0.6 is 11.6 Å². The minimum atomic E-state index is 0.489. The molecule has 0 N–H and O–H groups in total. The lowest BCUT2D eigenvalue weighted by atomic mass is 10.2. The van der Waals surface area contributed by atoms with E-state index in [9.17, 15) is 0 Å². The zero-order valence-electron chi connectivity index (χ0n) is 10.0. The molecule has 2 aromatic heterocycles. The molecule has 2 heterocycles. The van der Waals surface area contributed by atoms with Crippen molar-refractivity contribution in [2.24, 2.45) is 0 Å². The number of aromatic nitrogens is 4. The highest BCUT2D eigenvalue weighted by molar-refractivity contribution is 6.30. The molecule has 0 spiro atoms. The molecule has 88 valence electrons. The van der Waals surface area contributed by atoms with Gasteiger partial charge in [-0.15, -0.1) is 0 Å². The normalized spacial score (nSPS) is 10.6.